The largest absolute Gasteiger partial charge is 0.490 e. The van der Waals surface area contributed by atoms with Gasteiger partial charge in [0.25, 0.3) is 0 Å². The number of thioether (sulfide) groups is 1. The molecule has 1 aromatic rings. The summed E-state index contributed by atoms with van der Waals surface area (Å²) in [7, 11) is 0. The van der Waals surface area contributed by atoms with Gasteiger partial charge in [0, 0.05) is 23.5 Å². The molecule has 16 heavy (non-hydrogen) atoms. The highest BCUT2D eigenvalue weighted by Gasteiger charge is 2.10. The van der Waals surface area contributed by atoms with Crippen LogP contribution in [-0.4, -0.2) is 25.3 Å². The summed E-state index contributed by atoms with van der Waals surface area (Å²) in [5, 5.41) is 0. The summed E-state index contributed by atoms with van der Waals surface area (Å²) in [6, 6.07) is 5.92. The topological polar surface area (TPSA) is 35.5 Å². The van der Waals surface area contributed by atoms with Crippen molar-refractivity contribution in [1.29, 1.82) is 0 Å². The van der Waals surface area contributed by atoms with E-state index in [-0.39, 0.29) is 0 Å². The molecule has 0 aromatic heterocycles. The Labute approximate surface area is 99.1 Å². The van der Waals surface area contributed by atoms with Crippen LogP contribution in [0.2, 0.25) is 0 Å². The molecule has 0 amide bonds. The lowest BCUT2D eigenvalue weighted by Crippen LogP contribution is -1.97. The summed E-state index contributed by atoms with van der Waals surface area (Å²) in [5.41, 5.74) is 0. The van der Waals surface area contributed by atoms with E-state index in [9.17, 15) is 4.79 Å². The van der Waals surface area contributed by atoms with Gasteiger partial charge in [0.2, 0.25) is 0 Å². The van der Waals surface area contributed by atoms with E-state index in [4.69, 9.17) is 9.47 Å². The third kappa shape index (κ3) is 2.92. The second kappa shape index (κ2) is 5.80. The van der Waals surface area contributed by atoms with Crippen LogP contribution in [-0.2, 0) is 4.79 Å². The molecule has 0 fully saturated rings. The Morgan fingerprint density at radius 3 is 2.88 bits per heavy atom. The van der Waals surface area contributed by atoms with E-state index in [1.807, 2.05) is 18.2 Å². The van der Waals surface area contributed by atoms with Gasteiger partial charge in [-0.1, -0.05) is 0 Å². The van der Waals surface area contributed by atoms with Crippen molar-refractivity contribution in [2.45, 2.75) is 17.7 Å². The Kier molecular flexibility index (Phi) is 4.10. The third-order valence-corrected chi connectivity index (χ3v) is 3.25. The highest BCUT2D eigenvalue weighted by atomic mass is 32.2. The zero-order valence-electron chi connectivity index (χ0n) is 8.98. The number of carbonyl (C=O) groups excluding carboxylic acids is 1. The van der Waals surface area contributed by atoms with Crippen LogP contribution in [0.4, 0.5) is 0 Å². The molecule has 0 spiro atoms. The summed E-state index contributed by atoms with van der Waals surface area (Å²) in [4.78, 5) is 11.3. The fourth-order valence-corrected chi connectivity index (χ4v) is 2.26. The van der Waals surface area contributed by atoms with Crippen molar-refractivity contribution in [1.82, 2.24) is 0 Å². The van der Waals surface area contributed by atoms with Crippen LogP contribution in [0.25, 0.3) is 0 Å². The van der Waals surface area contributed by atoms with Gasteiger partial charge >= 0.3 is 0 Å². The first-order chi connectivity index (χ1) is 7.90. The van der Waals surface area contributed by atoms with Gasteiger partial charge in [0.05, 0.1) is 13.2 Å². The fourth-order valence-electron chi connectivity index (χ4n) is 1.46. The van der Waals surface area contributed by atoms with Gasteiger partial charge in [-0.25, -0.2) is 0 Å². The second-order valence-electron chi connectivity index (χ2n) is 3.46. The molecule has 0 N–H and O–H groups in total. The lowest BCUT2D eigenvalue weighted by molar-refractivity contribution is -0.107. The first kappa shape index (κ1) is 11.3. The van der Waals surface area contributed by atoms with Crippen molar-refractivity contribution >= 4 is 18.0 Å². The smallest absolute Gasteiger partial charge is 0.162 e. The van der Waals surface area contributed by atoms with E-state index in [0.29, 0.717) is 19.6 Å². The van der Waals surface area contributed by atoms with Crippen LogP contribution in [0.15, 0.2) is 23.1 Å². The Morgan fingerprint density at radius 1 is 1.25 bits per heavy atom. The molecule has 2 rings (SSSR count). The molecule has 0 saturated carbocycles. The number of hydrogen-bond acceptors (Lipinski definition) is 4. The van der Waals surface area contributed by atoms with Gasteiger partial charge in [0.15, 0.2) is 11.5 Å². The number of carbonyl (C=O) groups is 1. The Balaban J connectivity index is 2.05. The Morgan fingerprint density at radius 2 is 2.06 bits per heavy atom. The molecule has 86 valence electrons. The van der Waals surface area contributed by atoms with Gasteiger partial charge in [-0.2, -0.15) is 0 Å². The lowest BCUT2D eigenvalue weighted by atomic mass is 10.3. The van der Waals surface area contributed by atoms with E-state index in [1.165, 1.54) is 0 Å². The normalized spacial score (nSPS) is 14.2. The maximum atomic E-state index is 10.2. The van der Waals surface area contributed by atoms with E-state index in [1.54, 1.807) is 11.8 Å². The molecule has 0 aliphatic carbocycles. The van der Waals surface area contributed by atoms with Crippen LogP contribution in [0.1, 0.15) is 12.8 Å². The van der Waals surface area contributed by atoms with Crippen molar-refractivity contribution in [3.05, 3.63) is 18.2 Å². The molecule has 0 unspecified atom stereocenters. The van der Waals surface area contributed by atoms with Crippen LogP contribution in [0.3, 0.4) is 0 Å². The molecule has 4 heteroatoms. The van der Waals surface area contributed by atoms with E-state index >= 15 is 0 Å². The summed E-state index contributed by atoms with van der Waals surface area (Å²) in [5.74, 6) is 2.44. The molecule has 0 atom stereocenters. The molecule has 3 nitrogen and oxygen atoms in total. The maximum Gasteiger partial charge on any atom is 0.162 e. The van der Waals surface area contributed by atoms with Gasteiger partial charge < -0.3 is 14.3 Å². The Hall–Kier alpha value is -1.16. The minimum absolute atomic E-state index is 0.582. The first-order valence-corrected chi connectivity index (χ1v) is 6.35. The van der Waals surface area contributed by atoms with E-state index < -0.39 is 0 Å². The minimum Gasteiger partial charge on any atom is -0.490 e. The highest BCUT2D eigenvalue weighted by molar-refractivity contribution is 7.99. The molecule has 0 bridgehead atoms. The lowest BCUT2D eigenvalue weighted by Gasteiger charge is -2.08. The number of ether oxygens (including phenoxy) is 2. The molecule has 1 heterocycles. The highest BCUT2D eigenvalue weighted by Crippen LogP contribution is 2.33. The molecular weight excluding hydrogens is 224 g/mol. The van der Waals surface area contributed by atoms with Crippen LogP contribution < -0.4 is 9.47 Å². The zero-order chi connectivity index (χ0) is 11.2. The fraction of sp³-hybridized carbons (Fsp3) is 0.417. The van der Waals surface area contributed by atoms with Crippen molar-refractivity contribution in [2.75, 3.05) is 19.0 Å². The molecular formula is C12H14O3S. The molecule has 1 aliphatic heterocycles. The standard InChI is InChI=1S/C12H14O3S/c13-5-1-8-16-10-3-4-11-12(9-10)15-7-2-6-14-11/h3-5,9H,1-2,6-8H2. The predicted molar refractivity (Wildman–Crippen MR) is 63.5 cm³/mol. The molecule has 1 aliphatic rings. The minimum atomic E-state index is 0.582. The maximum absolute atomic E-state index is 10.2. The Bertz CT molecular complexity index is 365. The number of hydrogen-bond donors (Lipinski definition) is 0. The number of rotatable bonds is 4. The van der Waals surface area contributed by atoms with Gasteiger partial charge in [-0.3, -0.25) is 0 Å². The monoisotopic (exact) mass is 238 g/mol. The van der Waals surface area contributed by atoms with E-state index in [0.717, 1.165) is 34.9 Å². The SMILES string of the molecule is O=CCCSc1ccc2c(c1)OCCCO2. The summed E-state index contributed by atoms with van der Waals surface area (Å²) < 4.78 is 11.1. The van der Waals surface area contributed by atoms with Crippen molar-refractivity contribution < 1.29 is 14.3 Å². The van der Waals surface area contributed by atoms with Crippen molar-refractivity contribution in [2.24, 2.45) is 0 Å². The first-order valence-electron chi connectivity index (χ1n) is 5.36. The average Bonchev–Trinajstić information content (AvgIpc) is 2.54. The van der Waals surface area contributed by atoms with Crippen LogP contribution in [0.5, 0.6) is 11.5 Å². The van der Waals surface area contributed by atoms with Crippen molar-refractivity contribution in [3.63, 3.8) is 0 Å². The van der Waals surface area contributed by atoms with Crippen molar-refractivity contribution in [3.8, 4) is 11.5 Å². The summed E-state index contributed by atoms with van der Waals surface area (Å²) >= 11 is 1.66. The van der Waals surface area contributed by atoms with Gasteiger partial charge in [-0.05, 0) is 18.2 Å². The third-order valence-electron chi connectivity index (χ3n) is 2.22. The van der Waals surface area contributed by atoms with Gasteiger partial charge in [-0.15, -0.1) is 11.8 Å². The van der Waals surface area contributed by atoms with E-state index in [2.05, 4.69) is 0 Å². The summed E-state index contributed by atoms with van der Waals surface area (Å²) in [6.07, 6.45) is 2.44. The quantitative estimate of drug-likeness (QED) is 0.459. The summed E-state index contributed by atoms with van der Waals surface area (Å²) in [6.45, 7) is 1.42. The average molecular weight is 238 g/mol. The zero-order valence-corrected chi connectivity index (χ0v) is 9.79. The molecule has 1 aromatic carbocycles. The number of fused-ring (bicyclic) bond motifs is 1. The van der Waals surface area contributed by atoms with Crippen LogP contribution >= 0.6 is 11.8 Å². The predicted octanol–water partition coefficient (Wildman–Crippen LogP) is 2.53. The van der Waals surface area contributed by atoms with Crippen LogP contribution in [0, 0.1) is 0 Å². The second-order valence-corrected chi connectivity index (χ2v) is 4.63. The van der Waals surface area contributed by atoms with Gasteiger partial charge in [0.1, 0.15) is 6.29 Å². The number of benzene rings is 1. The number of aldehydes is 1. The molecule has 0 radical (unpaired) electrons. The molecule has 0 saturated heterocycles.